The van der Waals surface area contributed by atoms with Gasteiger partial charge in [-0.1, -0.05) is 42.0 Å². The monoisotopic (exact) mass is 480 g/mol. The molecular formula is C20H25IN4O2. The van der Waals surface area contributed by atoms with Crippen LogP contribution < -0.4 is 11.1 Å². The van der Waals surface area contributed by atoms with E-state index < -0.39 is 5.91 Å². The van der Waals surface area contributed by atoms with Gasteiger partial charge < -0.3 is 20.4 Å². The van der Waals surface area contributed by atoms with E-state index in [1.54, 1.807) is 19.2 Å². The lowest BCUT2D eigenvalue weighted by molar-refractivity contribution is 0.0972. The van der Waals surface area contributed by atoms with Crippen molar-refractivity contribution in [1.29, 1.82) is 0 Å². The molecule has 0 spiro atoms. The highest BCUT2D eigenvalue weighted by Gasteiger charge is 2.17. The van der Waals surface area contributed by atoms with E-state index in [1.807, 2.05) is 6.07 Å². The number of halogens is 1. The lowest BCUT2D eigenvalue weighted by Gasteiger charge is -2.31. The zero-order valence-electron chi connectivity index (χ0n) is 15.4. The molecule has 7 heteroatoms. The molecule has 1 saturated heterocycles. The maximum Gasteiger partial charge on any atom is 0.284 e. The molecule has 0 bridgehead atoms. The average molecular weight is 480 g/mol. The highest BCUT2D eigenvalue weighted by molar-refractivity contribution is 14.0. The van der Waals surface area contributed by atoms with Crippen molar-refractivity contribution in [1.82, 2.24) is 10.2 Å². The quantitative estimate of drug-likeness (QED) is 0.400. The average Bonchev–Trinajstić information content (AvgIpc) is 3.14. The van der Waals surface area contributed by atoms with Gasteiger partial charge in [0.15, 0.2) is 11.7 Å². The van der Waals surface area contributed by atoms with E-state index in [1.165, 1.54) is 11.1 Å². The van der Waals surface area contributed by atoms with Crippen LogP contribution in [0.25, 0.3) is 6.08 Å². The maximum absolute atomic E-state index is 11.1. The van der Waals surface area contributed by atoms with Crippen LogP contribution in [0, 0.1) is 0 Å². The largest absolute Gasteiger partial charge is 0.454 e. The molecule has 0 atom stereocenters. The molecule has 0 unspecified atom stereocenters. The van der Waals surface area contributed by atoms with Crippen LogP contribution in [0.2, 0.25) is 0 Å². The first-order chi connectivity index (χ1) is 12.7. The van der Waals surface area contributed by atoms with Gasteiger partial charge >= 0.3 is 0 Å². The van der Waals surface area contributed by atoms with Crippen LogP contribution in [0.15, 0.2) is 57.4 Å². The van der Waals surface area contributed by atoms with Crippen molar-refractivity contribution in [2.75, 3.05) is 20.1 Å². The SMILES string of the molecule is CN=C(NCc1ccc(C(N)=O)o1)N1CCC(=Cc2ccccc2)CC1.I. The molecular weight excluding hydrogens is 455 g/mol. The fraction of sp³-hybridized carbons (Fsp3) is 0.300. The second-order valence-electron chi connectivity index (χ2n) is 6.23. The van der Waals surface area contributed by atoms with Gasteiger partial charge in [0, 0.05) is 20.1 Å². The summed E-state index contributed by atoms with van der Waals surface area (Å²) in [7, 11) is 1.77. The molecule has 0 aliphatic carbocycles. The summed E-state index contributed by atoms with van der Waals surface area (Å²) in [6.07, 6.45) is 4.31. The molecule has 1 aromatic carbocycles. The normalized spacial score (nSPS) is 14.5. The Labute approximate surface area is 176 Å². The molecule has 1 aliphatic heterocycles. The second-order valence-corrected chi connectivity index (χ2v) is 6.23. The van der Waals surface area contributed by atoms with E-state index in [-0.39, 0.29) is 29.7 Å². The number of hydrogen-bond donors (Lipinski definition) is 2. The summed E-state index contributed by atoms with van der Waals surface area (Å²) < 4.78 is 5.39. The minimum Gasteiger partial charge on any atom is -0.454 e. The van der Waals surface area contributed by atoms with Crippen LogP contribution in [-0.4, -0.2) is 36.9 Å². The Kier molecular flexibility index (Phi) is 7.90. The Bertz CT molecular complexity index is 804. The Hall–Kier alpha value is -2.29. The van der Waals surface area contributed by atoms with E-state index in [4.69, 9.17) is 10.2 Å². The van der Waals surface area contributed by atoms with E-state index >= 15 is 0 Å². The molecule has 0 saturated carbocycles. The van der Waals surface area contributed by atoms with Crippen molar-refractivity contribution >= 4 is 41.9 Å². The number of likely N-dealkylation sites (tertiary alicyclic amines) is 1. The molecule has 1 aromatic heterocycles. The summed E-state index contributed by atoms with van der Waals surface area (Å²) in [6.45, 7) is 2.30. The number of benzene rings is 1. The number of carbonyl (C=O) groups excluding carboxylic acids is 1. The first-order valence-corrected chi connectivity index (χ1v) is 8.74. The Morgan fingerprint density at radius 3 is 2.52 bits per heavy atom. The molecule has 2 aromatic rings. The van der Waals surface area contributed by atoms with Gasteiger partial charge in [-0.3, -0.25) is 9.79 Å². The van der Waals surface area contributed by atoms with Crippen molar-refractivity contribution in [2.45, 2.75) is 19.4 Å². The van der Waals surface area contributed by atoms with Crippen LogP contribution in [-0.2, 0) is 6.54 Å². The Morgan fingerprint density at radius 1 is 1.22 bits per heavy atom. The number of nitrogens with two attached hydrogens (primary N) is 1. The number of carbonyl (C=O) groups is 1. The second kappa shape index (κ2) is 10.1. The van der Waals surface area contributed by atoms with Gasteiger partial charge in [-0.05, 0) is 30.5 Å². The summed E-state index contributed by atoms with van der Waals surface area (Å²) in [5.41, 5.74) is 7.91. The van der Waals surface area contributed by atoms with Crippen molar-refractivity contribution in [3.8, 4) is 0 Å². The van der Waals surface area contributed by atoms with Crippen molar-refractivity contribution < 1.29 is 9.21 Å². The third kappa shape index (κ3) is 5.85. The topological polar surface area (TPSA) is 83.9 Å². The smallest absolute Gasteiger partial charge is 0.284 e. The maximum atomic E-state index is 11.1. The molecule has 0 radical (unpaired) electrons. The van der Waals surface area contributed by atoms with Crippen molar-refractivity contribution in [3.63, 3.8) is 0 Å². The molecule has 144 valence electrons. The number of nitrogens with zero attached hydrogens (tertiary/aromatic N) is 2. The fourth-order valence-corrected chi connectivity index (χ4v) is 3.04. The van der Waals surface area contributed by atoms with Crippen LogP contribution in [0.1, 0.15) is 34.7 Å². The van der Waals surface area contributed by atoms with Gasteiger partial charge in [0.1, 0.15) is 5.76 Å². The molecule has 1 amide bonds. The van der Waals surface area contributed by atoms with E-state index in [0.717, 1.165) is 31.9 Å². The summed E-state index contributed by atoms with van der Waals surface area (Å²) in [4.78, 5) is 17.7. The number of nitrogens with one attached hydrogen (secondary N) is 1. The first kappa shape index (κ1) is 21.0. The van der Waals surface area contributed by atoms with Gasteiger partial charge in [-0.25, -0.2) is 0 Å². The Morgan fingerprint density at radius 2 is 1.93 bits per heavy atom. The Balaban J connectivity index is 0.00000261. The number of aliphatic imine (C=N–C) groups is 1. The van der Waals surface area contributed by atoms with Crippen molar-refractivity contribution in [2.24, 2.45) is 10.7 Å². The summed E-state index contributed by atoms with van der Waals surface area (Å²) in [5, 5.41) is 3.28. The van der Waals surface area contributed by atoms with E-state index in [9.17, 15) is 4.79 Å². The zero-order chi connectivity index (χ0) is 18.4. The fourth-order valence-electron chi connectivity index (χ4n) is 3.04. The van der Waals surface area contributed by atoms with Gasteiger partial charge in [-0.15, -0.1) is 24.0 Å². The van der Waals surface area contributed by atoms with Gasteiger partial charge in [0.05, 0.1) is 6.54 Å². The van der Waals surface area contributed by atoms with Gasteiger partial charge in [0.2, 0.25) is 0 Å². The predicted molar refractivity (Wildman–Crippen MR) is 118 cm³/mol. The standard InChI is InChI=1S/C20H24N4O2.HI/c1-22-20(23-14-17-7-8-18(26-17)19(21)25)24-11-9-16(10-12-24)13-15-5-3-2-4-6-15;/h2-8,13H,9-12,14H2,1H3,(H2,21,25)(H,22,23);1H. The van der Waals surface area contributed by atoms with Crippen LogP contribution in [0.5, 0.6) is 0 Å². The molecule has 3 N–H and O–H groups in total. The van der Waals surface area contributed by atoms with Crippen LogP contribution >= 0.6 is 24.0 Å². The highest BCUT2D eigenvalue weighted by Crippen LogP contribution is 2.19. The number of furan rings is 1. The minimum atomic E-state index is -0.561. The molecule has 1 fully saturated rings. The number of hydrogen-bond acceptors (Lipinski definition) is 3. The minimum absolute atomic E-state index is 0. The highest BCUT2D eigenvalue weighted by atomic mass is 127. The molecule has 27 heavy (non-hydrogen) atoms. The molecule has 3 rings (SSSR count). The van der Waals surface area contributed by atoms with Gasteiger partial charge in [0.25, 0.3) is 5.91 Å². The lowest BCUT2D eigenvalue weighted by atomic mass is 10.0. The third-order valence-corrected chi connectivity index (χ3v) is 4.41. The lowest BCUT2D eigenvalue weighted by Crippen LogP contribution is -2.44. The summed E-state index contributed by atoms with van der Waals surface area (Å²) >= 11 is 0. The van der Waals surface area contributed by atoms with Crippen molar-refractivity contribution in [3.05, 3.63) is 65.1 Å². The zero-order valence-corrected chi connectivity index (χ0v) is 17.7. The van der Waals surface area contributed by atoms with E-state index in [2.05, 4.69) is 45.6 Å². The number of piperidine rings is 1. The predicted octanol–water partition coefficient (Wildman–Crippen LogP) is 3.25. The number of primary amides is 1. The molecule has 6 nitrogen and oxygen atoms in total. The molecule has 1 aliphatic rings. The van der Waals surface area contributed by atoms with Crippen LogP contribution in [0.3, 0.4) is 0 Å². The number of guanidine groups is 1. The van der Waals surface area contributed by atoms with Gasteiger partial charge in [-0.2, -0.15) is 0 Å². The summed E-state index contributed by atoms with van der Waals surface area (Å²) in [6, 6.07) is 13.7. The first-order valence-electron chi connectivity index (χ1n) is 8.74. The number of rotatable bonds is 4. The van der Waals surface area contributed by atoms with E-state index in [0.29, 0.717) is 12.3 Å². The summed E-state index contributed by atoms with van der Waals surface area (Å²) in [5.74, 6) is 1.10. The van der Waals surface area contributed by atoms with Crippen LogP contribution in [0.4, 0.5) is 0 Å². The number of amides is 1. The third-order valence-electron chi connectivity index (χ3n) is 4.41. The molecule has 2 heterocycles.